The fourth-order valence-electron chi connectivity index (χ4n) is 1.62. The van der Waals surface area contributed by atoms with Gasteiger partial charge in [-0.2, -0.15) is 4.98 Å². The SMILES string of the molecule is Cn1nc(C(=O)NC2CCS(=O)(=O)C2)nc1Cl. The molecule has 1 aliphatic heterocycles. The third-order valence-electron chi connectivity index (χ3n) is 2.48. The van der Waals surface area contributed by atoms with Crippen molar-refractivity contribution in [2.24, 2.45) is 7.05 Å². The van der Waals surface area contributed by atoms with Crippen LogP contribution < -0.4 is 5.32 Å². The van der Waals surface area contributed by atoms with Crippen molar-refractivity contribution >= 4 is 27.3 Å². The van der Waals surface area contributed by atoms with Gasteiger partial charge in [-0.1, -0.05) is 0 Å². The number of carbonyl (C=O) groups excluding carboxylic acids is 1. The Bertz CT molecular complexity index is 534. The Morgan fingerprint density at radius 3 is 2.76 bits per heavy atom. The van der Waals surface area contributed by atoms with Crippen LogP contribution in [0, 0.1) is 0 Å². The quantitative estimate of drug-likeness (QED) is 0.778. The second-order valence-electron chi connectivity index (χ2n) is 3.90. The molecule has 94 valence electrons. The summed E-state index contributed by atoms with van der Waals surface area (Å²) in [5.74, 6) is -0.482. The molecule has 1 amide bonds. The van der Waals surface area contributed by atoms with Crippen LogP contribution in [0.25, 0.3) is 0 Å². The van der Waals surface area contributed by atoms with Gasteiger partial charge in [0, 0.05) is 13.1 Å². The van der Waals surface area contributed by atoms with Crippen LogP contribution in [0.5, 0.6) is 0 Å². The van der Waals surface area contributed by atoms with Crippen molar-refractivity contribution in [1.29, 1.82) is 0 Å². The first kappa shape index (κ1) is 12.3. The zero-order chi connectivity index (χ0) is 12.6. The number of halogens is 1. The molecule has 2 heterocycles. The first-order valence-electron chi connectivity index (χ1n) is 4.95. The van der Waals surface area contributed by atoms with Gasteiger partial charge < -0.3 is 5.32 Å². The molecule has 1 aromatic rings. The molecule has 1 aromatic heterocycles. The van der Waals surface area contributed by atoms with Crippen LogP contribution in [-0.4, -0.2) is 46.6 Å². The van der Waals surface area contributed by atoms with E-state index >= 15 is 0 Å². The number of aryl methyl sites for hydroxylation is 1. The van der Waals surface area contributed by atoms with Gasteiger partial charge >= 0.3 is 0 Å². The van der Waals surface area contributed by atoms with Crippen LogP contribution in [0.4, 0.5) is 0 Å². The number of hydrogen-bond acceptors (Lipinski definition) is 5. The van der Waals surface area contributed by atoms with E-state index in [1.807, 2.05) is 0 Å². The topological polar surface area (TPSA) is 94.0 Å². The van der Waals surface area contributed by atoms with Gasteiger partial charge in [0.05, 0.1) is 11.5 Å². The van der Waals surface area contributed by atoms with Crippen LogP contribution in [0.15, 0.2) is 0 Å². The maximum absolute atomic E-state index is 11.7. The van der Waals surface area contributed by atoms with E-state index in [0.29, 0.717) is 6.42 Å². The highest BCUT2D eigenvalue weighted by molar-refractivity contribution is 7.91. The van der Waals surface area contributed by atoms with Gasteiger partial charge in [0.1, 0.15) is 0 Å². The van der Waals surface area contributed by atoms with Crippen LogP contribution in [0.2, 0.25) is 5.28 Å². The molecule has 0 bridgehead atoms. The minimum atomic E-state index is -3.01. The molecular formula is C8H11ClN4O3S. The molecule has 9 heteroatoms. The minimum Gasteiger partial charge on any atom is -0.345 e. The summed E-state index contributed by atoms with van der Waals surface area (Å²) in [5.41, 5.74) is 0. The molecule has 1 N–H and O–H groups in total. The molecule has 1 aliphatic rings. The summed E-state index contributed by atoms with van der Waals surface area (Å²) in [5, 5.41) is 6.48. The van der Waals surface area contributed by atoms with Gasteiger partial charge in [0.15, 0.2) is 9.84 Å². The van der Waals surface area contributed by atoms with Crippen molar-refractivity contribution in [3.8, 4) is 0 Å². The number of aromatic nitrogens is 3. The Kier molecular flexibility index (Phi) is 3.09. The number of nitrogens with one attached hydrogen (secondary N) is 1. The van der Waals surface area contributed by atoms with Crippen molar-refractivity contribution < 1.29 is 13.2 Å². The lowest BCUT2D eigenvalue weighted by molar-refractivity contribution is 0.0930. The zero-order valence-corrected chi connectivity index (χ0v) is 10.6. The molecule has 1 saturated heterocycles. The fourth-order valence-corrected chi connectivity index (χ4v) is 3.41. The number of nitrogens with zero attached hydrogens (tertiary/aromatic N) is 3. The third kappa shape index (κ3) is 2.75. The fraction of sp³-hybridized carbons (Fsp3) is 0.625. The lowest BCUT2D eigenvalue weighted by atomic mass is 10.2. The number of sulfone groups is 1. The Hall–Kier alpha value is -1.15. The maximum atomic E-state index is 11.7. The van der Waals surface area contributed by atoms with Crippen molar-refractivity contribution in [1.82, 2.24) is 20.1 Å². The Morgan fingerprint density at radius 1 is 1.59 bits per heavy atom. The predicted molar refractivity (Wildman–Crippen MR) is 60.5 cm³/mol. The van der Waals surface area contributed by atoms with E-state index in [1.54, 1.807) is 7.05 Å². The van der Waals surface area contributed by atoms with Crippen molar-refractivity contribution in [2.45, 2.75) is 12.5 Å². The van der Waals surface area contributed by atoms with Gasteiger partial charge in [-0.25, -0.2) is 13.1 Å². The average Bonchev–Trinajstić information content (AvgIpc) is 2.71. The van der Waals surface area contributed by atoms with E-state index in [0.717, 1.165) is 0 Å². The number of amides is 1. The highest BCUT2D eigenvalue weighted by Gasteiger charge is 2.30. The van der Waals surface area contributed by atoms with Gasteiger partial charge in [0.2, 0.25) is 11.1 Å². The minimum absolute atomic E-state index is 0.0285. The summed E-state index contributed by atoms with van der Waals surface area (Å²) in [6, 6.07) is -0.366. The zero-order valence-electron chi connectivity index (χ0n) is 9.05. The first-order valence-corrected chi connectivity index (χ1v) is 7.15. The molecule has 2 rings (SSSR count). The second kappa shape index (κ2) is 4.26. The maximum Gasteiger partial charge on any atom is 0.291 e. The number of carbonyl (C=O) groups is 1. The lowest BCUT2D eigenvalue weighted by Gasteiger charge is -2.07. The predicted octanol–water partition coefficient (Wildman–Crippen LogP) is -0.615. The molecule has 0 aliphatic carbocycles. The van der Waals surface area contributed by atoms with Gasteiger partial charge in [-0.05, 0) is 18.0 Å². The molecule has 17 heavy (non-hydrogen) atoms. The second-order valence-corrected chi connectivity index (χ2v) is 6.47. The Labute approximate surface area is 103 Å². The smallest absolute Gasteiger partial charge is 0.291 e. The van der Waals surface area contributed by atoms with Crippen molar-refractivity contribution in [2.75, 3.05) is 11.5 Å². The monoisotopic (exact) mass is 278 g/mol. The summed E-state index contributed by atoms with van der Waals surface area (Å²) in [6.07, 6.45) is 0.425. The van der Waals surface area contributed by atoms with Crippen LogP contribution in [-0.2, 0) is 16.9 Å². The van der Waals surface area contributed by atoms with Crippen molar-refractivity contribution in [3.05, 3.63) is 11.1 Å². The molecule has 0 spiro atoms. The molecule has 0 saturated carbocycles. The number of hydrogen-bond donors (Lipinski definition) is 1. The highest BCUT2D eigenvalue weighted by Crippen LogP contribution is 2.12. The molecule has 1 fully saturated rings. The molecule has 0 aromatic carbocycles. The highest BCUT2D eigenvalue weighted by atomic mass is 35.5. The largest absolute Gasteiger partial charge is 0.345 e. The average molecular weight is 279 g/mol. The van der Waals surface area contributed by atoms with Crippen LogP contribution >= 0.6 is 11.6 Å². The van der Waals surface area contributed by atoms with E-state index < -0.39 is 15.7 Å². The third-order valence-corrected chi connectivity index (χ3v) is 4.58. The van der Waals surface area contributed by atoms with Gasteiger partial charge in [-0.15, -0.1) is 5.10 Å². The lowest BCUT2D eigenvalue weighted by Crippen LogP contribution is -2.36. The standard InChI is InChI=1S/C8H11ClN4O3S/c1-13-8(9)11-6(12-13)7(14)10-5-2-3-17(15,16)4-5/h5H,2-4H2,1H3,(H,10,14). The summed E-state index contributed by atoms with van der Waals surface area (Å²) in [4.78, 5) is 15.4. The normalized spacial score (nSPS) is 22.6. The Morgan fingerprint density at radius 2 is 2.29 bits per heavy atom. The molecule has 0 radical (unpaired) electrons. The molecule has 1 unspecified atom stereocenters. The molecular weight excluding hydrogens is 268 g/mol. The van der Waals surface area contributed by atoms with E-state index in [4.69, 9.17) is 11.6 Å². The molecule has 7 nitrogen and oxygen atoms in total. The summed E-state index contributed by atoms with van der Waals surface area (Å²) < 4.78 is 23.7. The van der Waals surface area contributed by atoms with E-state index in [1.165, 1.54) is 4.68 Å². The summed E-state index contributed by atoms with van der Waals surface area (Å²) in [7, 11) is -1.45. The van der Waals surface area contributed by atoms with Gasteiger partial charge in [0.25, 0.3) is 5.91 Å². The van der Waals surface area contributed by atoms with E-state index in [2.05, 4.69) is 15.4 Å². The van der Waals surface area contributed by atoms with Gasteiger partial charge in [-0.3, -0.25) is 4.79 Å². The molecule has 1 atom stereocenters. The summed E-state index contributed by atoms with van der Waals surface area (Å²) in [6.45, 7) is 0. The van der Waals surface area contributed by atoms with Crippen LogP contribution in [0.1, 0.15) is 17.0 Å². The van der Waals surface area contributed by atoms with Crippen LogP contribution in [0.3, 0.4) is 0 Å². The van der Waals surface area contributed by atoms with E-state index in [-0.39, 0.29) is 28.7 Å². The Balaban J connectivity index is 2.03. The number of rotatable bonds is 2. The van der Waals surface area contributed by atoms with E-state index in [9.17, 15) is 13.2 Å². The first-order chi connectivity index (χ1) is 7.87. The van der Waals surface area contributed by atoms with Crippen molar-refractivity contribution in [3.63, 3.8) is 0 Å². The summed E-state index contributed by atoms with van der Waals surface area (Å²) >= 11 is 5.65.